The lowest BCUT2D eigenvalue weighted by Crippen LogP contribution is -2.07. The summed E-state index contributed by atoms with van der Waals surface area (Å²) in [7, 11) is 1.65. The zero-order valence-corrected chi connectivity index (χ0v) is 9.08. The fourth-order valence-electron chi connectivity index (χ4n) is 1.06. The van der Waals surface area contributed by atoms with E-state index >= 15 is 0 Å². The molecule has 1 N–H and O–H groups in total. The summed E-state index contributed by atoms with van der Waals surface area (Å²) in [4.78, 5) is 5.19. The van der Waals surface area contributed by atoms with Crippen molar-refractivity contribution < 1.29 is 9.26 Å². The molecule has 0 atom stereocenters. The van der Waals surface area contributed by atoms with E-state index in [1.165, 1.54) is 0 Å². The quantitative estimate of drug-likeness (QED) is 0.787. The Hall–Kier alpha value is -1.40. The Morgan fingerprint density at radius 3 is 3.27 bits per heavy atom. The third-order valence-corrected chi connectivity index (χ3v) is 2.62. The van der Waals surface area contributed by atoms with Crippen molar-refractivity contribution in [2.45, 2.75) is 0 Å². The SMILES string of the molecule is COCCNc1nc(-c2cccs2)no1. The monoisotopic (exact) mass is 225 g/mol. The molecule has 0 aliphatic carbocycles. The summed E-state index contributed by atoms with van der Waals surface area (Å²) in [5.41, 5.74) is 0. The van der Waals surface area contributed by atoms with E-state index in [1.54, 1.807) is 18.4 Å². The smallest absolute Gasteiger partial charge is 0.321 e. The van der Waals surface area contributed by atoms with Crippen molar-refractivity contribution in [2.75, 3.05) is 25.6 Å². The summed E-state index contributed by atoms with van der Waals surface area (Å²) >= 11 is 1.58. The van der Waals surface area contributed by atoms with Gasteiger partial charge in [-0.2, -0.15) is 4.98 Å². The lowest BCUT2D eigenvalue weighted by molar-refractivity contribution is 0.210. The Morgan fingerprint density at radius 2 is 2.53 bits per heavy atom. The predicted molar refractivity (Wildman–Crippen MR) is 58.0 cm³/mol. The van der Waals surface area contributed by atoms with Gasteiger partial charge in [-0.3, -0.25) is 0 Å². The fraction of sp³-hybridized carbons (Fsp3) is 0.333. The average Bonchev–Trinajstić information content (AvgIpc) is 2.87. The molecule has 0 saturated heterocycles. The maximum atomic E-state index is 5.01. The molecule has 0 spiro atoms. The molecule has 2 aromatic rings. The van der Waals surface area contributed by atoms with Gasteiger partial charge in [-0.15, -0.1) is 11.3 Å². The topological polar surface area (TPSA) is 60.2 Å². The standard InChI is InChI=1S/C9H11N3O2S/c1-13-5-4-10-9-11-8(12-14-9)7-3-2-6-15-7/h2-3,6H,4-5H2,1H3,(H,10,11,12). The first-order chi connectivity index (χ1) is 7.40. The largest absolute Gasteiger partial charge is 0.383 e. The molecule has 0 aliphatic heterocycles. The van der Waals surface area contributed by atoms with Crippen molar-refractivity contribution in [3.05, 3.63) is 17.5 Å². The summed E-state index contributed by atoms with van der Waals surface area (Å²) in [6.07, 6.45) is 0. The molecule has 80 valence electrons. The van der Waals surface area contributed by atoms with Crippen molar-refractivity contribution in [1.29, 1.82) is 0 Å². The number of thiophene rings is 1. The second-order valence-electron chi connectivity index (χ2n) is 2.82. The number of ether oxygens (including phenoxy) is 1. The molecule has 2 heterocycles. The van der Waals surface area contributed by atoms with Crippen molar-refractivity contribution in [3.63, 3.8) is 0 Å². The van der Waals surface area contributed by atoms with E-state index in [0.29, 0.717) is 25.0 Å². The van der Waals surface area contributed by atoms with E-state index in [0.717, 1.165) is 4.88 Å². The van der Waals surface area contributed by atoms with Crippen molar-refractivity contribution in [3.8, 4) is 10.7 Å². The third-order valence-electron chi connectivity index (χ3n) is 1.75. The van der Waals surface area contributed by atoms with Crippen LogP contribution in [0.1, 0.15) is 0 Å². The van der Waals surface area contributed by atoms with E-state index in [-0.39, 0.29) is 0 Å². The lowest BCUT2D eigenvalue weighted by Gasteiger charge is -1.97. The number of rotatable bonds is 5. The zero-order valence-electron chi connectivity index (χ0n) is 8.27. The van der Waals surface area contributed by atoms with Crippen LogP contribution in [-0.4, -0.2) is 30.4 Å². The Morgan fingerprint density at radius 1 is 1.60 bits per heavy atom. The van der Waals surface area contributed by atoms with Gasteiger partial charge in [-0.1, -0.05) is 11.2 Å². The molecule has 0 radical (unpaired) electrons. The molecule has 0 aliphatic rings. The van der Waals surface area contributed by atoms with E-state index in [1.807, 2.05) is 17.5 Å². The minimum atomic E-state index is 0.426. The highest BCUT2D eigenvalue weighted by Crippen LogP contribution is 2.22. The van der Waals surface area contributed by atoms with Gasteiger partial charge >= 0.3 is 6.01 Å². The minimum Gasteiger partial charge on any atom is -0.383 e. The van der Waals surface area contributed by atoms with E-state index in [9.17, 15) is 0 Å². The second-order valence-corrected chi connectivity index (χ2v) is 3.77. The minimum absolute atomic E-state index is 0.426. The van der Waals surface area contributed by atoms with Gasteiger partial charge in [-0.05, 0) is 11.4 Å². The molecule has 0 saturated carbocycles. The van der Waals surface area contributed by atoms with Crippen molar-refractivity contribution in [2.24, 2.45) is 0 Å². The molecule has 2 aromatic heterocycles. The predicted octanol–water partition coefficient (Wildman–Crippen LogP) is 1.86. The van der Waals surface area contributed by atoms with Gasteiger partial charge in [0.2, 0.25) is 5.82 Å². The molecule has 15 heavy (non-hydrogen) atoms. The Kier molecular flexibility index (Phi) is 3.31. The zero-order chi connectivity index (χ0) is 10.5. The molecular formula is C9H11N3O2S. The Balaban J connectivity index is 1.98. The molecule has 0 amide bonds. The molecule has 0 bridgehead atoms. The van der Waals surface area contributed by atoms with E-state index in [2.05, 4.69) is 15.5 Å². The van der Waals surface area contributed by atoms with Gasteiger partial charge in [0, 0.05) is 13.7 Å². The highest BCUT2D eigenvalue weighted by molar-refractivity contribution is 7.13. The number of methoxy groups -OCH3 is 1. The maximum absolute atomic E-state index is 5.01. The fourth-order valence-corrected chi connectivity index (χ4v) is 1.71. The summed E-state index contributed by atoms with van der Waals surface area (Å²) in [6.45, 7) is 1.26. The average molecular weight is 225 g/mol. The number of anilines is 1. The first kappa shape index (κ1) is 10.1. The van der Waals surface area contributed by atoms with Crippen LogP contribution in [0.25, 0.3) is 10.7 Å². The third kappa shape index (κ3) is 2.54. The molecule has 2 rings (SSSR count). The second kappa shape index (κ2) is 4.90. The Bertz CT molecular complexity index is 399. The van der Waals surface area contributed by atoms with Crippen LogP contribution in [-0.2, 0) is 4.74 Å². The van der Waals surface area contributed by atoms with Crippen LogP contribution in [0.4, 0.5) is 6.01 Å². The molecule has 0 aromatic carbocycles. The first-order valence-corrected chi connectivity index (χ1v) is 5.38. The van der Waals surface area contributed by atoms with Crippen molar-refractivity contribution >= 4 is 17.4 Å². The molecular weight excluding hydrogens is 214 g/mol. The van der Waals surface area contributed by atoms with Crippen LogP contribution < -0.4 is 5.32 Å². The molecule has 0 unspecified atom stereocenters. The summed E-state index contributed by atoms with van der Waals surface area (Å²) < 4.78 is 9.91. The van der Waals surface area contributed by atoms with Gasteiger partial charge in [0.25, 0.3) is 0 Å². The van der Waals surface area contributed by atoms with Crippen LogP contribution in [0, 0.1) is 0 Å². The van der Waals surface area contributed by atoms with Crippen molar-refractivity contribution in [1.82, 2.24) is 10.1 Å². The molecule has 0 fully saturated rings. The number of hydrogen-bond donors (Lipinski definition) is 1. The summed E-state index contributed by atoms with van der Waals surface area (Å²) in [5, 5.41) is 8.80. The summed E-state index contributed by atoms with van der Waals surface area (Å²) in [5.74, 6) is 0.616. The van der Waals surface area contributed by atoms with Crippen LogP contribution in [0.3, 0.4) is 0 Å². The Labute approximate surface area is 91.1 Å². The van der Waals surface area contributed by atoms with Gasteiger partial charge in [0.05, 0.1) is 11.5 Å². The number of aromatic nitrogens is 2. The van der Waals surface area contributed by atoms with E-state index < -0.39 is 0 Å². The van der Waals surface area contributed by atoms with Crippen LogP contribution in [0.5, 0.6) is 0 Å². The normalized spacial score (nSPS) is 10.5. The number of nitrogens with zero attached hydrogens (tertiary/aromatic N) is 2. The highest BCUT2D eigenvalue weighted by atomic mass is 32.1. The van der Waals surface area contributed by atoms with Crippen LogP contribution in [0.15, 0.2) is 22.0 Å². The van der Waals surface area contributed by atoms with Gasteiger partial charge in [0.1, 0.15) is 0 Å². The number of nitrogens with one attached hydrogen (secondary N) is 1. The lowest BCUT2D eigenvalue weighted by atomic mass is 10.4. The molecule has 6 heteroatoms. The maximum Gasteiger partial charge on any atom is 0.321 e. The van der Waals surface area contributed by atoms with E-state index in [4.69, 9.17) is 9.26 Å². The van der Waals surface area contributed by atoms with Gasteiger partial charge in [0.15, 0.2) is 0 Å². The van der Waals surface area contributed by atoms with Crippen LogP contribution in [0.2, 0.25) is 0 Å². The highest BCUT2D eigenvalue weighted by Gasteiger charge is 2.07. The van der Waals surface area contributed by atoms with Gasteiger partial charge in [-0.25, -0.2) is 0 Å². The summed E-state index contributed by atoms with van der Waals surface area (Å²) in [6, 6.07) is 4.33. The molecule has 5 nitrogen and oxygen atoms in total. The van der Waals surface area contributed by atoms with Gasteiger partial charge < -0.3 is 14.6 Å². The number of hydrogen-bond acceptors (Lipinski definition) is 6. The van der Waals surface area contributed by atoms with Crippen LogP contribution >= 0.6 is 11.3 Å². The first-order valence-electron chi connectivity index (χ1n) is 4.50.